The first-order chi connectivity index (χ1) is 13.3. The number of aryl methyl sites for hydroxylation is 2. The fraction of sp³-hybridized carbons (Fsp3) is 0.389. The summed E-state index contributed by atoms with van der Waals surface area (Å²) in [7, 11) is 1.52. The first kappa shape index (κ1) is 18.8. The highest BCUT2D eigenvalue weighted by Gasteiger charge is 2.37. The van der Waals surface area contributed by atoms with Gasteiger partial charge in [-0.25, -0.2) is 0 Å². The van der Waals surface area contributed by atoms with Crippen molar-refractivity contribution in [1.82, 2.24) is 19.9 Å². The molecule has 0 saturated heterocycles. The third-order valence-corrected chi connectivity index (χ3v) is 4.74. The van der Waals surface area contributed by atoms with E-state index in [1.807, 2.05) is 0 Å². The molecule has 2 aromatic heterocycles. The maximum atomic E-state index is 13.0. The second-order valence-corrected chi connectivity index (χ2v) is 6.99. The number of hydrogen-bond donors (Lipinski definition) is 0. The van der Waals surface area contributed by atoms with Crippen molar-refractivity contribution in [3.05, 3.63) is 46.6 Å². The minimum Gasteiger partial charge on any atom is -0.496 e. The van der Waals surface area contributed by atoms with E-state index in [1.165, 1.54) is 11.8 Å². The number of nitrogens with zero attached hydrogens (tertiary/aromatic N) is 4. The highest BCUT2D eigenvalue weighted by Crippen LogP contribution is 2.42. The van der Waals surface area contributed by atoms with Crippen molar-refractivity contribution in [3.63, 3.8) is 0 Å². The van der Waals surface area contributed by atoms with Crippen LogP contribution in [0.15, 0.2) is 28.8 Å². The van der Waals surface area contributed by atoms with Gasteiger partial charge in [-0.2, -0.15) is 23.3 Å². The molecule has 10 heteroatoms. The number of hydrogen-bond acceptors (Lipinski definition) is 5. The van der Waals surface area contributed by atoms with Gasteiger partial charge in [0.05, 0.1) is 19.2 Å². The molecule has 2 heterocycles. The number of halogens is 4. The zero-order chi connectivity index (χ0) is 19.9. The summed E-state index contributed by atoms with van der Waals surface area (Å²) in [5.74, 6) is 1.27. The van der Waals surface area contributed by atoms with Gasteiger partial charge in [0.1, 0.15) is 5.75 Å². The molecule has 0 atom stereocenters. The molecule has 4 rings (SSSR count). The molecular formula is C18H16ClF3N4O2. The van der Waals surface area contributed by atoms with Gasteiger partial charge >= 0.3 is 6.18 Å². The highest BCUT2D eigenvalue weighted by molar-refractivity contribution is 6.30. The molecule has 0 bridgehead atoms. The zero-order valence-corrected chi connectivity index (χ0v) is 15.6. The fourth-order valence-electron chi connectivity index (χ4n) is 2.98. The van der Waals surface area contributed by atoms with Gasteiger partial charge in [-0.1, -0.05) is 16.8 Å². The third kappa shape index (κ3) is 3.84. The Morgan fingerprint density at radius 1 is 1.29 bits per heavy atom. The zero-order valence-electron chi connectivity index (χ0n) is 14.8. The van der Waals surface area contributed by atoms with E-state index in [4.69, 9.17) is 20.9 Å². The predicted molar refractivity (Wildman–Crippen MR) is 94.2 cm³/mol. The Balaban J connectivity index is 1.53. The Bertz CT molecular complexity index is 995. The second-order valence-electron chi connectivity index (χ2n) is 6.56. The Kier molecular flexibility index (Phi) is 4.78. The fourth-order valence-corrected chi connectivity index (χ4v) is 3.15. The van der Waals surface area contributed by atoms with Crippen molar-refractivity contribution in [2.75, 3.05) is 7.11 Å². The number of rotatable bonds is 6. The Hall–Kier alpha value is -2.55. The van der Waals surface area contributed by atoms with Gasteiger partial charge in [0, 0.05) is 23.1 Å². The van der Waals surface area contributed by atoms with Crippen molar-refractivity contribution in [2.24, 2.45) is 0 Å². The third-order valence-electron chi connectivity index (χ3n) is 4.51. The molecule has 0 N–H and O–H groups in total. The lowest BCUT2D eigenvalue weighted by atomic mass is 10.2. The minimum atomic E-state index is -4.46. The number of aromatic nitrogens is 4. The number of methoxy groups -OCH3 is 1. The van der Waals surface area contributed by atoms with Crippen LogP contribution in [0.4, 0.5) is 13.2 Å². The average Bonchev–Trinajstić information content (AvgIpc) is 3.22. The van der Waals surface area contributed by atoms with Gasteiger partial charge in [-0.3, -0.25) is 4.68 Å². The van der Waals surface area contributed by atoms with Crippen LogP contribution in [0.2, 0.25) is 5.02 Å². The van der Waals surface area contributed by atoms with E-state index in [0.717, 1.165) is 18.9 Å². The van der Waals surface area contributed by atoms with Crippen LogP contribution in [0, 0.1) is 0 Å². The summed E-state index contributed by atoms with van der Waals surface area (Å²) in [6.07, 6.45) is -2.45. The molecule has 6 nitrogen and oxygen atoms in total. The maximum Gasteiger partial charge on any atom is 0.435 e. The van der Waals surface area contributed by atoms with Crippen LogP contribution in [-0.2, 0) is 19.1 Å². The van der Waals surface area contributed by atoms with Crippen molar-refractivity contribution in [1.29, 1.82) is 0 Å². The Labute approximate surface area is 163 Å². The first-order valence-corrected chi connectivity index (χ1v) is 9.04. The van der Waals surface area contributed by atoms with Crippen LogP contribution < -0.4 is 4.74 Å². The van der Waals surface area contributed by atoms with Crippen LogP contribution in [0.25, 0.3) is 11.4 Å². The lowest BCUT2D eigenvalue weighted by molar-refractivity contribution is -0.141. The average molecular weight is 413 g/mol. The van der Waals surface area contributed by atoms with E-state index in [1.54, 1.807) is 18.2 Å². The molecule has 1 saturated carbocycles. The van der Waals surface area contributed by atoms with Crippen LogP contribution in [0.3, 0.4) is 0 Å². The van der Waals surface area contributed by atoms with Crippen molar-refractivity contribution >= 4 is 11.6 Å². The lowest BCUT2D eigenvalue weighted by Crippen LogP contribution is -2.10. The van der Waals surface area contributed by atoms with Gasteiger partial charge in [-0.05, 0) is 37.1 Å². The minimum absolute atomic E-state index is 0.137. The summed E-state index contributed by atoms with van der Waals surface area (Å²) >= 11 is 6.02. The standard InChI is InChI=1S/C18H16ClF3N4O2/c1-27-14-5-4-11(19)8-12(14)17-23-16(28-25-17)6-7-26-13(10-2-3-10)9-15(24-26)18(20,21)22/h4-5,8-10H,2-3,6-7H2,1H3. The van der Waals surface area contributed by atoms with E-state index in [0.29, 0.717) is 33.7 Å². The quantitative estimate of drug-likeness (QED) is 0.585. The molecule has 1 fully saturated rings. The van der Waals surface area contributed by atoms with E-state index < -0.39 is 11.9 Å². The molecule has 0 radical (unpaired) electrons. The molecule has 3 aromatic rings. The topological polar surface area (TPSA) is 66.0 Å². The SMILES string of the molecule is COc1ccc(Cl)cc1-c1noc(CCn2nc(C(F)(F)F)cc2C2CC2)n1. The normalized spacial score (nSPS) is 14.5. The summed E-state index contributed by atoms with van der Waals surface area (Å²) < 4.78 is 50.9. The molecular weight excluding hydrogens is 397 g/mol. The first-order valence-electron chi connectivity index (χ1n) is 8.66. The number of alkyl halides is 3. The van der Waals surface area contributed by atoms with Gasteiger partial charge in [0.2, 0.25) is 11.7 Å². The summed E-state index contributed by atoms with van der Waals surface area (Å²) in [6, 6.07) is 6.16. The molecule has 1 aromatic carbocycles. The van der Waals surface area contributed by atoms with Crippen molar-refractivity contribution in [2.45, 2.75) is 37.9 Å². The Morgan fingerprint density at radius 2 is 2.07 bits per heavy atom. The lowest BCUT2D eigenvalue weighted by Gasteiger charge is -2.05. The predicted octanol–water partition coefficient (Wildman–Crippen LogP) is 4.73. The maximum absolute atomic E-state index is 13.0. The number of benzene rings is 1. The molecule has 0 amide bonds. The van der Waals surface area contributed by atoms with Crippen LogP contribution in [0.1, 0.15) is 36.0 Å². The molecule has 1 aliphatic rings. The van der Waals surface area contributed by atoms with E-state index in [9.17, 15) is 13.2 Å². The summed E-state index contributed by atoms with van der Waals surface area (Å²) in [4.78, 5) is 4.31. The van der Waals surface area contributed by atoms with Gasteiger partial charge < -0.3 is 9.26 Å². The summed E-state index contributed by atoms with van der Waals surface area (Å²) in [5, 5.41) is 8.15. The molecule has 0 unspecified atom stereocenters. The molecule has 0 aliphatic heterocycles. The Morgan fingerprint density at radius 3 is 2.75 bits per heavy atom. The summed E-state index contributed by atoms with van der Waals surface area (Å²) in [5.41, 5.74) is 0.301. The second kappa shape index (κ2) is 7.12. The van der Waals surface area contributed by atoms with Crippen molar-refractivity contribution in [3.8, 4) is 17.1 Å². The van der Waals surface area contributed by atoms with Gasteiger partial charge in [-0.15, -0.1) is 0 Å². The molecule has 148 valence electrons. The largest absolute Gasteiger partial charge is 0.496 e. The van der Waals surface area contributed by atoms with Crippen LogP contribution in [-0.4, -0.2) is 27.0 Å². The van der Waals surface area contributed by atoms with Crippen LogP contribution >= 0.6 is 11.6 Å². The summed E-state index contributed by atoms with van der Waals surface area (Å²) in [6.45, 7) is 0.218. The monoisotopic (exact) mass is 412 g/mol. The van der Waals surface area contributed by atoms with E-state index in [2.05, 4.69) is 15.2 Å². The molecule has 28 heavy (non-hydrogen) atoms. The van der Waals surface area contributed by atoms with Gasteiger partial charge in [0.15, 0.2) is 5.69 Å². The molecule has 1 aliphatic carbocycles. The van der Waals surface area contributed by atoms with E-state index >= 15 is 0 Å². The smallest absolute Gasteiger partial charge is 0.435 e. The highest BCUT2D eigenvalue weighted by atomic mass is 35.5. The number of ether oxygens (including phenoxy) is 1. The van der Waals surface area contributed by atoms with Gasteiger partial charge in [0.25, 0.3) is 0 Å². The van der Waals surface area contributed by atoms with Crippen molar-refractivity contribution < 1.29 is 22.4 Å². The molecule has 0 spiro atoms. The van der Waals surface area contributed by atoms with E-state index in [-0.39, 0.29) is 18.9 Å². The van der Waals surface area contributed by atoms with Crippen LogP contribution in [0.5, 0.6) is 5.75 Å².